The molecule has 39 heavy (non-hydrogen) atoms. The topological polar surface area (TPSA) is 51.8 Å². The van der Waals surface area contributed by atoms with Crippen LogP contribution in [-0.4, -0.2) is 15.0 Å². The molecule has 0 aliphatic carbocycles. The van der Waals surface area contributed by atoms with Gasteiger partial charge in [0.2, 0.25) is 5.28 Å². The minimum Gasteiger partial charge on any atom is -0.456 e. The minimum absolute atomic E-state index is 0.161. The third-order valence-corrected chi connectivity index (χ3v) is 8.40. The van der Waals surface area contributed by atoms with Crippen LogP contribution in [0, 0.1) is 0 Å². The Labute approximate surface area is 232 Å². The number of benzene rings is 5. The fraction of sp³-hybridized carbons (Fsp3) is 0. The van der Waals surface area contributed by atoms with Gasteiger partial charge in [-0.3, -0.25) is 0 Å². The molecule has 6 heteroatoms. The van der Waals surface area contributed by atoms with Gasteiger partial charge in [0.25, 0.3) is 0 Å². The second-order valence-corrected chi connectivity index (χ2v) is 10.9. The van der Waals surface area contributed by atoms with Crippen LogP contribution in [0.1, 0.15) is 0 Å². The third-order valence-electron chi connectivity index (χ3n) is 7.08. The smallest absolute Gasteiger partial charge is 0.226 e. The number of furan rings is 1. The predicted molar refractivity (Wildman–Crippen MR) is 161 cm³/mol. The average molecular weight is 540 g/mol. The molecule has 4 nitrogen and oxygen atoms in total. The molecule has 0 N–H and O–H groups in total. The van der Waals surface area contributed by atoms with E-state index in [1.54, 1.807) is 11.3 Å². The summed E-state index contributed by atoms with van der Waals surface area (Å²) in [6.45, 7) is 0. The molecule has 0 unspecified atom stereocenters. The summed E-state index contributed by atoms with van der Waals surface area (Å²) in [6, 6.07) is 37.4. The van der Waals surface area contributed by atoms with Crippen molar-refractivity contribution in [3.8, 4) is 33.9 Å². The average Bonchev–Trinajstić information content (AvgIpc) is 3.54. The zero-order valence-corrected chi connectivity index (χ0v) is 22.0. The Morgan fingerprint density at radius 1 is 0.487 bits per heavy atom. The summed E-state index contributed by atoms with van der Waals surface area (Å²) in [5.41, 5.74) is 5.70. The first kappa shape index (κ1) is 22.4. The molecule has 184 valence electrons. The van der Waals surface area contributed by atoms with E-state index in [9.17, 15) is 0 Å². The summed E-state index contributed by atoms with van der Waals surface area (Å²) in [4.78, 5) is 13.8. The molecule has 0 aliphatic rings. The molecule has 8 aromatic rings. The van der Waals surface area contributed by atoms with E-state index in [1.807, 2.05) is 42.5 Å². The Hall–Kier alpha value is -4.58. The number of thiophene rings is 1. The molecule has 0 saturated carbocycles. The van der Waals surface area contributed by atoms with E-state index < -0.39 is 0 Å². The molecule has 8 rings (SSSR count). The zero-order valence-electron chi connectivity index (χ0n) is 20.4. The Balaban J connectivity index is 1.26. The van der Waals surface area contributed by atoms with Crippen LogP contribution >= 0.6 is 22.9 Å². The predicted octanol–water partition coefficient (Wildman–Crippen LogP) is 9.79. The van der Waals surface area contributed by atoms with E-state index in [2.05, 4.69) is 76.7 Å². The van der Waals surface area contributed by atoms with Gasteiger partial charge < -0.3 is 4.42 Å². The van der Waals surface area contributed by atoms with Crippen molar-refractivity contribution >= 4 is 65.0 Å². The summed E-state index contributed by atoms with van der Waals surface area (Å²) in [6.07, 6.45) is 0. The highest BCUT2D eigenvalue weighted by atomic mass is 35.5. The van der Waals surface area contributed by atoms with E-state index in [-0.39, 0.29) is 5.28 Å². The van der Waals surface area contributed by atoms with Gasteiger partial charge in [-0.25, -0.2) is 4.98 Å². The highest BCUT2D eigenvalue weighted by Gasteiger charge is 2.15. The molecule has 0 bridgehead atoms. The van der Waals surface area contributed by atoms with Crippen LogP contribution in [0.4, 0.5) is 0 Å². The lowest BCUT2D eigenvalue weighted by Crippen LogP contribution is -1.97. The zero-order chi connectivity index (χ0) is 25.9. The largest absolute Gasteiger partial charge is 0.456 e. The second kappa shape index (κ2) is 8.73. The van der Waals surface area contributed by atoms with Gasteiger partial charge in [0.1, 0.15) is 11.2 Å². The molecule has 0 fully saturated rings. The van der Waals surface area contributed by atoms with Crippen molar-refractivity contribution in [2.75, 3.05) is 0 Å². The van der Waals surface area contributed by atoms with Crippen LogP contribution in [0.5, 0.6) is 0 Å². The summed E-state index contributed by atoms with van der Waals surface area (Å²) in [5, 5.41) is 4.63. The van der Waals surface area contributed by atoms with Crippen molar-refractivity contribution in [1.82, 2.24) is 15.0 Å². The van der Waals surface area contributed by atoms with Crippen molar-refractivity contribution in [3.05, 3.63) is 114 Å². The van der Waals surface area contributed by atoms with Crippen LogP contribution in [0.3, 0.4) is 0 Å². The lowest BCUT2D eigenvalue weighted by Gasteiger charge is -2.06. The first-order chi connectivity index (χ1) is 19.2. The standard InChI is InChI=1S/C33H18ClN3OS/c34-33-36-31(35-32(37-33)22-12-15-30-26(18-22)23-8-4-5-9-29(23)39-30)21-11-14-28-25(17-21)24-16-20(10-13-27(24)38-28)19-6-2-1-3-7-19/h1-18H. The number of aromatic nitrogens is 3. The number of hydrogen-bond acceptors (Lipinski definition) is 5. The number of nitrogens with zero attached hydrogens (tertiary/aromatic N) is 3. The molecular weight excluding hydrogens is 522 g/mol. The number of halogens is 1. The first-order valence-corrected chi connectivity index (χ1v) is 13.7. The van der Waals surface area contributed by atoms with Crippen molar-refractivity contribution in [3.63, 3.8) is 0 Å². The van der Waals surface area contributed by atoms with Gasteiger partial charge >= 0.3 is 0 Å². The van der Waals surface area contributed by atoms with E-state index >= 15 is 0 Å². The van der Waals surface area contributed by atoms with Gasteiger partial charge in [-0.15, -0.1) is 11.3 Å². The van der Waals surface area contributed by atoms with E-state index in [0.717, 1.165) is 44.2 Å². The van der Waals surface area contributed by atoms with Crippen LogP contribution in [0.2, 0.25) is 5.28 Å². The van der Waals surface area contributed by atoms with E-state index in [0.29, 0.717) is 11.6 Å². The maximum atomic E-state index is 6.44. The van der Waals surface area contributed by atoms with Gasteiger partial charge in [-0.2, -0.15) is 9.97 Å². The third kappa shape index (κ3) is 3.78. The molecule has 3 heterocycles. The molecule has 0 radical (unpaired) electrons. The fourth-order valence-electron chi connectivity index (χ4n) is 5.20. The van der Waals surface area contributed by atoms with Crippen molar-refractivity contribution in [2.45, 2.75) is 0 Å². The molecule has 0 aliphatic heterocycles. The maximum Gasteiger partial charge on any atom is 0.226 e. The molecule has 0 atom stereocenters. The highest BCUT2D eigenvalue weighted by molar-refractivity contribution is 7.25. The Morgan fingerprint density at radius 2 is 1.08 bits per heavy atom. The molecule has 5 aromatic carbocycles. The minimum atomic E-state index is 0.161. The molecule has 0 amide bonds. The first-order valence-electron chi connectivity index (χ1n) is 12.5. The number of rotatable bonds is 3. The Bertz CT molecular complexity index is 2200. The SMILES string of the molecule is Clc1nc(-c2ccc3oc4ccc(-c5ccccc5)cc4c3c2)nc(-c2ccc3sc4ccccc4c3c2)n1. The number of hydrogen-bond donors (Lipinski definition) is 0. The lowest BCUT2D eigenvalue weighted by molar-refractivity contribution is 0.669. The monoisotopic (exact) mass is 539 g/mol. The van der Waals surface area contributed by atoms with Crippen molar-refractivity contribution in [2.24, 2.45) is 0 Å². The quantitative estimate of drug-likeness (QED) is 0.224. The van der Waals surface area contributed by atoms with Crippen LogP contribution in [0.15, 0.2) is 114 Å². The van der Waals surface area contributed by atoms with Crippen molar-refractivity contribution < 1.29 is 4.42 Å². The lowest BCUT2D eigenvalue weighted by atomic mass is 10.0. The molecular formula is C33H18ClN3OS. The summed E-state index contributed by atoms with van der Waals surface area (Å²) >= 11 is 8.23. The van der Waals surface area contributed by atoms with E-state index in [4.69, 9.17) is 21.0 Å². The molecule has 0 saturated heterocycles. The van der Waals surface area contributed by atoms with Gasteiger partial charge in [0.15, 0.2) is 11.6 Å². The van der Waals surface area contributed by atoms with Crippen LogP contribution < -0.4 is 0 Å². The van der Waals surface area contributed by atoms with Gasteiger partial charge in [0.05, 0.1) is 0 Å². The van der Waals surface area contributed by atoms with Gasteiger partial charge in [-0.1, -0.05) is 54.6 Å². The van der Waals surface area contributed by atoms with Crippen molar-refractivity contribution in [1.29, 1.82) is 0 Å². The Morgan fingerprint density at radius 3 is 1.85 bits per heavy atom. The van der Waals surface area contributed by atoms with Gasteiger partial charge in [-0.05, 0) is 77.3 Å². The molecule has 0 spiro atoms. The molecule has 3 aromatic heterocycles. The highest BCUT2D eigenvalue weighted by Crippen LogP contribution is 2.37. The Kier molecular flexibility index (Phi) is 5.02. The fourth-order valence-corrected chi connectivity index (χ4v) is 6.45. The second-order valence-electron chi connectivity index (χ2n) is 9.45. The maximum absolute atomic E-state index is 6.44. The van der Waals surface area contributed by atoms with Crippen LogP contribution in [-0.2, 0) is 0 Å². The van der Waals surface area contributed by atoms with Gasteiger partial charge in [0, 0.05) is 42.1 Å². The summed E-state index contributed by atoms with van der Waals surface area (Å²) in [7, 11) is 0. The normalized spacial score (nSPS) is 11.7. The summed E-state index contributed by atoms with van der Waals surface area (Å²) < 4.78 is 8.63. The van der Waals surface area contributed by atoms with Crippen LogP contribution in [0.25, 0.3) is 76.0 Å². The van der Waals surface area contributed by atoms with E-state index in [1.165, 1.54) is 20.2 Å². The summed E-state index contributed by atoms with van der Waals surface area (Å²) in [5.74, 6) is 1.07. The number of fused-ring (bicyclic) bond motifs is 6.